The van der Waals surface area contributed by atoms with Crippen molar-refractivity contribution in [2.45, 2.75) is 0 Å². The molecule has 5 heteroatoms. The van der Waals surface area contributed by atoms with E-state index in [-0.39, 0.29) is 21.7 Å². The average molecular weight is 273 g/mol. The molecule has 0 fully saturated rings. The molecule has 89 valence electrons. The van der Waals surface area contributed by atoms with Gasteiger partial charge in [0.25, 0.3) is 0 Å². The van der Waals surface area contributed by atoms with Gasteiger partial charge in [-0.1, -0.05) is 12.1 Å². The van der Waals surface area contributed by atoms with Gasteiger partial charge in [0.15, 0.2) is 0 Å². The summed E-state index contributed by atoms with van der Waals surface area (Å²) in [5.74, 6) is 2.04. The van der Waals surface area contributed by atoms with Gasteiger partial charge < -0.3 is 18.9 Å². The average Bonchev–Trinajstić information content (AvgIpc) is 2.97. The molecule has 3 heterocycles. The Kier molecular flexibility index (Phi) is 3.50. The Morgan fingerprint density at radius 3 is 1.61 bits per heavy atom. The van der Waals surface area contributed by atoms with Gasteiger partial charge in [-0.3, -0.25) is 0 Å². The minimum atomic E-state index is 0. The van der Waals surface area contributed by atoms with Crippen LogP contribution in [0.3, 0.4) is 0 Å². The predicted molar refractivity (Wildman–Crippen MR) is 68.8 cm³/mol. The number of rotatable bonds is 2. The molecule has 0 spiro atoms. The molecule has 0 N–H and O–H groups in total. The van der Waals surface area contributed by atoms with Crippen molar-refractivity contribution in [3.63, 3.8) is 0 Å². The third-order valence-electron chi connectivity index (χ3n) is 2.78. The van der Waals surface area contributed by atoms with Gasteiger partial charge >= 0.3 is 21.7 Å². The Balaban J connectivity index is 0.00000120. The summed E-state index contributed by atoms with van der Waals surface area (Å²) in [6, 6.07) is 7.97. The van der Waals surface area contributed by atoms with E-state index in [4.69, 9.17) is 0 Å². The smallest absolute Gasteiger partial charge is 0.520 e. The van der Waals surface area contributed by atoms with Crippen LogP contribution in [0, 0.1) is 20.8 Å². The van der Waals surface area contributed by atoms with E-state index in [2.05, 4.69) is 14.1 Å². The van der Waals surface area contributed by atoms with Crippen LogP contribution in [0.1, 0.15) is 0 Å². The molecule has 3 rings (SSSR count). The van der Waals surface area contributed by atoms with E-state index < -0.39 is 0 Å². The summed E-state index contributed by atoms with van der Waals surface area (Å²) in [4.78, 5) is 4.03. The van der Waals surface area contributed by atoms with Crippen molar-refractivity contribution in [1.29, 1.82) is 0 Å². The van der Waals surface area contributed by atoms with Gasteiger partial charge in [0.05, 0.1) is 0 Å². The molecule has 0 saturated heterocycles. The summed E-state index contributed by atoms with van der Waals surface area (Å²) in [6.45, 7) is 1.99. The third-order valence-corrected chi connectivity index (χ3v) is 2.78. The van der Waals surface area contributed by atoms with Crippen molar-refractivity contribution in [2.24, 2.45) is 0 Å². The maximum Gasteiger partial charge on any atom is 3.00 e. The van der Waals surface area contributed by atoms with Crippen LogP contribution >= 0.6 is 0 Å². The molecular weight excluding hydrogens is 260 g/mol. The SMILES string of the molecule is [CH2-]n1cccc1N1C=CN(c2cccn2[CH2-])[CH-]1.[Ti+3]. The molecule has 2 aromatic heterocycles. The van der Waals surface area contributed by atoms with Gasteiger partial charge in [-0.25, -0.2) is 0 Å². The molecule has 1 aliphatic rings. The van der Waals surface area contributed by atoms with Crippen molar-refractivity contribution in [1.82, 2.24) is 9.13 Å². The Labute approximate surface area is 122 Å². The molecule has 0 bridgehead atoms. The van der Waals surface area contributed by atoms with E-state index in [0.717, 1.165) is 11.6 Å². The maximum atomic E-state index is 3.92. The van der Waals surface area contributed by atoms with Crippen molar-refractivity contribution in [3.05, 3.63) is 69.8 Å². The molecule has 0 saturated carbocycles. The van der Waals surface area contributed by atoms with Crippen molar-refractivity contribution >= 4 is 11.6 Å². The van der Waals surface area contributed by atoms with Gasteiger partial charge in [-0.15, -0.1) is 38.6 Å². The molecule has 0 aliphatic carbocycles. The van der Waals surface area contributed by atoms with Crippen LogP contribution < -0.4 is 9.80 Å². The molecule has 1 radical (unpaired) electrons. The Morgan fingerprint density at radius 2 is 1.28 bits per heavy atom. The van der Waals surface area contributed by atoms with E-state index in [1.807, 2.05) is 74.7 Å². The monoisotopic (exact) mass is 273 g/mol. The molecule has 0 aromatic carbocycles. The van der Waals surface area contributed by atoms with Gasteiger partial charge in [0.1, 0.15) is 0 Å². The number of hydrogen-bond donors (Lipinski definition) is 0. The molecule has 4 nitrogen and oxygen atoms in total. The molecule has 0 amide bonds. The predicted octanol–water partition coefficient (Wildman–Crippen LogP) is 2.48. The van der Waals surface area contributed by atoms with E-state index in [9.17, 15) is 0 Å². The summed E-state index contributed by atoms with van der Waals surface area (Å²) in [5.41, 5.74) is 0. The van der Waals surface area contributed by atoms with Crippen LogP contribution in [0.5, 0.6) is 0 Å². The van der Waals surface area contributed by atoms with Crippen LogP contribution in [-0.2, 0) is 21.7 Å². The molecule has 18 heavy (non-hydrogen) atoms. The fourth-order valence-electron chi connectivity index (χ4n) is 1.90. The maximum absolute atomic E-state index is 3.92. The van der Waals surface area contributed by atoms with E-state index >= 15 is 0 Å². The summed E-state index contributed by atoms with van der Waals surface area (Å²) >= 11 is 0. The van der Waals surface area contributed by atoms with Gasteiger partial charge in [0.2, 0.25) is 0 Å². The first-order valence-electron chi connectivity index (χ1n) is 5.32. The molecule has 0 atom stereocenters. The number of nitrogens with zero attached hydrogens (tertiary/aromatic N) is 4. The van der Waals surface area contributed by atoms with E-state index in [0.29, 0.717) is 0 Å². The molecule has 2 aromatic rings. The first-order valence-corrected chi connectivity index (χ1v) is 5.32. The second-order valence-corrected chi connectivity index (χ2v) is 3.90. The van der Waals surface area contributed by atoms with Crippen LogP contribution in [-0.4, -0.2) is 9.13 Å². The topological polar surface area (TPSA) is 16.3 Å². The van der Waals surface area contributed by atoms with Crippen LogP contribution in [0.2, 0.25) is 0 Å². The largest absolute Gasteiger partial charge is 3.00 e. The summed E-state index contributed by atoms with van der Waals surface area (Å²) in [6.07, 6.45) is 7.82. The zero-order chi connectivity index (χ0) is 11.8. The summed E-state index contributed by atoms with van der Waals surface area (Å²) in [7, 11) is 7.83. The molecule has 1 aliphatic heterocycles. The van der Waals surface area contributed by atoms with Crippen LogP contribution in [0.15, 0.2) is 49.1 Å². The van der Waals surface area contributed by atoms with Crippen molar-refractivity contribution in [2.75, 3.05) is 9.80 Å². The minimum absolute atomic E-state index is 0. The summed E-state index contributed by atoms with van der Waals surface area (Å²) < 4.78 is 3.65. The quantitative estimate of drug-likeness (QED) is 0.617. The summed E-state index contributed by atoms with van der Waals surface area (Å²) in [5, 5.41) is 0. The zero-order valence-corrected chi connectivity index (χ0v) is 11.5. The standard InChI is InChI=1S/C13H13N4.Ti/c1-14-7-3-5-12(14)16-9-10-17(11-16)13-6-4-8-15(13)2;/h3-11H,1-2H2;/q-3;+3. The van der Waals surface area contributed by atoms with Crippen LogP contribution in [0.4, 0.5) is 11.6 Å². The van der Waals surface area contributed by atoms with Gasteiger partial charge in [-0.05, 0) is 24.0 Å². The minimum Gasteiger partial charge on any atom is -0.520 e. The van der Waals surface area contributed by atoms with E-state index in [1.54, 1.807) is 0 Å². The normalized spacial score (nSPS) is 14.0. The second kappa shape index (κ2) is 4.92. The zero-order valence-electron chi connectivity index (χ0n) is 9.90. The van der Waals surface area contributed by atoms with Gasteiger partial charge in [-0.2, -0.15) is 6.67 Å². The third kappa shape index (κ3) is 2.05. The Bertz CT molecular complexity index is 507. The van der Waals surface area contributed by atoms with Crippen LogP contribution in [0.25, 0.3) is 0 Å². The van der Waals surface area contributed by atoms with Crippen molar-refractivity contribution < 1.29 is 21.7 Å². The first-order chi connectivity index (χ1) is 8.25. The number of anilines is 2. The Morgan fingerprint density at radius 1 is 0.833 bits per heavy atom. The molecule has 0 unspecified atom stereocenters. The van der Waals surface area contributed by atoms with Crippen molar-refractivity contribution in [3.8, 4) is 0 Å². The van der Waals surface area contributed by atoms with Gasteiger partial charge in [0, 0.05) is 0 Å². The first kappa shape index (κ1) is 12.8. The fourth-order valence-corrected chi connectivity index (χ4v) is 1.90. The second-order valence-electron chi connectivity index (χ2n) is 3.90. The van der Waals surface area contributed by atoms with E-state index in [1.165, 1.54) is 0 Å². The number of aromatic nitrogens is 2. The fraction of sp³-hybridized carbons (Fsp3) is 0. The number of hydrogen-bond acceptors (Lipinski definition) is 2. The Hall–Kier alpha value is -1.65. The molecular formula is C13H13N4Ti.